The van der Waals surface area contributed by atoms with Crippen molar-refractivity contribution in [1.29, 1.82) is 0 Å². The minimum atomic E-state index is -1.16. The van der Waals surface area contributed by atoms with Gasteiger partial charge in [-0.1, -0.05) is 0 Å². The summed E-state index contributed by atoms with van der Waals surface area (Å²) < 4.78 is 0. The van der Waals surface area contributed by atoms with Crippen LogP contribution in [0.5, 0.6) is 0 Å². The van der Waals surface area contributed by atoms with E-state index in [1.165, 1.54) is 6.08 Å². The SMILES string of the molecule is O=C(O)NC1=CCOO1. The fourth-order valence-electron chi connectivity index (χ4n) is 0.418. The van der Waals surface area contributed by atoms with Crippen LogP contribution in [0, 0.1) is 0 Å². The summed E-state index contributed by atoms with van der Waals surface area (Å²) in [4.78, 5) is 18.5. The van der Waals surface area contributed by atoms with Crippen LogP contribution in [0.25, 0.3) is 0 Å². The topological polar surface area (TPSA) is 67.8 Å². The first-order valence-corrected chi connectivity index (χ1v) is 2.28. The van der Waals surface area contributed by atoms with Crippen molar-refractivity contribution in [1.82, 2.24) is 5.32 Å². The van der Waals surface area contributed by atoms with E-state index in [1.807, 2.05) is 5.32 Å². The molecule has 0 unspecified atom stereocenters. The second-order valence-corrected chi connectivity index (χ2v) is 1.37. The van der Waals surface area contributed by atoms with Crippen LogP contribution in [-0.4, -0.2) is 17.8 Å². The van der Waals surface area contributed by atoms with E-state index in [4.69, 9.17) is 5.11 Å². The van der Waals surface area contributed by atoms with Crippen molar-refractivity contribution in [2.24, 2.45) is 0 Å². The molecule has 0 atom stereocenters. The number of amides is 1. The van der Waals surface area contributed by atoms with Crippen LogP contribution in [0.1, 0.15) is 0 Å². The molecule has 1 amide bonds. The van der Waals surface area contributed by atoms with E-state index in [0.717, 1.165) is 0 Å². The van der Waals surface area contributed by atoms with Gasteiger partial charge in [0.1, 0.15) is 6.61 Å². The Labute approximate surface area is 50.8 Å². The molecular formula is C4H5NO4. The summed E-state index contributed by atoms with van der Waals surface area (Å²) in [5.41, 5.74) is 0. The highest BCUT2D eigenvalue weighted by Crippen LogP contribution is 2.01. The number of hydrogen-bond donors (Lipinski definition) is 2. The van der Waals surface area contributed by atoms with Crippen molar-refractivity contribution in [2.45, 2.75) is 0 Å². The van der Waals surface area contributed by atoms with Gasteiger partial charge in [-0.2, -0.15) is 4.89 Å². The first-order chi connectivity index (χ1) is 4.29. The van der Waals surface area contributed by atoms with Gasteiger partial charge in [0.15, 0.2) is 0 Å². The van der Waals surface area contributed by atoms with Gasteiger partial charge >= 0.3 is 6.09 Å². The van der Waals surface area contributed by atoms with Gasteiger partial charge in [0.25, 0.3) is 0 Å². The lowest BCUT2D eigenvalue weighted by atomic mass is 10.6. The molecule has 5 heteroatoms. The molecule has 0 saturated carbocycles. The summed E-state index contributed by atoms with van der Waals surface area (Å²) in [7, 11) is 0. The van der Waals surface area contributed by atoms with E-state index in [-0.39, 0.29) is 12.5 Å². The van der Waals surface area contributed by atoms with Gasteiger partial charge in [-0.15, -0.1) is 0 Å². The summed E-state index contributed by atoms with van der Waals surface area (Å²) in [6.07, 6.45) is 0.320. The fourth-order valence-corrected chi connectivity index (χ4v) is 0.418. The summed E-state index contributed by atoms with van der Waals surface area (Å²) in [6.45, 7) is 0.287. The molecule has 0 fully saturated rings. The van der Waals surface area contributed by atoms with Gasteiger partial charge in [0.2, 0.25) is 5.88 Å². The Morgan fingerprint density at radius 3 is 3.11 bits per heavy atom. The van der Waals surface area contributed by atoms with E-state index in [9.17, 15) is 4.79 Å². The van der Waals surface area contributed by atoms with Crippen LogP contribution in [0.15, 0.2) is 12.0 Å². The van der Waals surface area contributed by atoms with E-state index in [1.54, 1.807) is 0 Å². The number of rotatable bonds is 1. The van der Waals surface area contributed by atoms with Gasteiger partial charge in [0, 0.05) is 6.08 Å². The second-order valence-electron chi connectivity index (χ2n) is 1.37. The quantitative estimate of drug-likeness (QED) is 0.493. The molecule has 0 aromatic heterocycles. The van der Waals surface area contributed by atoms with Gasteiger partial charge in [0.05, 0.1) is 0 Å². The normalized spacial score (nSPS) is 16.2. The lowest BCUT2D eigenvalue weighted by Gasteiger charge is -1.96. The molecule has 0 aromatic carbocycles. The van der Waals surface area contributed by atoms with Gasteiger partial charge < -0.3 is 9.99 Å². The number of hydrogen-bond acceptors (Lipinski definition) is 3. The van der Waals surface area contributed by atoms with Gasteiger partial charge in [-0.05, 0) is 0 Å². The first kappa shape index (κ1) is 5.90. The second kappa shape index (κ2) is 2.36. The molecule has 1 aliphatic rings. The molecule has 1 heterocycles. The Hall–Kier alpha value is -1.23. The molecular weight excluding hydrogens is 126 g/mol. The largest absolute Gasteiger partial charge is 0.465 e. The molecule has 50 valence electrons. The first-order valence-electron chi connectivity index (χ1n) is 2.28. The van der Waals surface area contributed by atoms with Crippen molar-refractivity contribution >= 4 is 6.09 Å². The molecule has 0 radical (unpaired) electrons. The Kier molecular flexibility index (Phi) is 1.55. The fraction of sp³-hybridized carbons (Fsp3) is 0.250. The van der Waals surface area contributed by atoms with Crippen LogP contribution >= 0.6 is 0 Å². The summed E-state index contributed by atoms with van der Waals surface area (Å²) in [5, 5.41) is 10.1. The average Bonchev–Trinajstić information content (AvgIpc) is 2.15. The highest BCUT2D eigenvalue weighted by Gasteiger charge is 2.08. The standard InChI is InChI=1S/C4H5NO4/c6-4(7)5-3-1-2-8-9-3/h1,5H,2H2,(H,6,7). The Balaban J connectivity index is 2.35. The van der Waals surface area contributed by atoms with Crippen molar-refractivity contribution in [2.75, 3.05) is 6.61 Å². The maximum Gasteiger partial charge on any atom is 0.411 e. The van der Waals surface area contributed by atoms with Gasteiger partial charge in [-0.25, -0.2) is 4.79 Å². The molecule has 0 aromatic rings. The minimum absolute atomic E-state index is 0.127. The highest BCUT2D eigenvalue weighted by atomic mass is 17.2. The van der Waals surface area contributed by atoms with Crippen molar-refractivity contribution in [3.8, 4) is 0 Å². The molecule has 0 aliphatic carbocycles. The van der Waals surface area contributed by atoms with Crippen molar-refractivity contribution < 1.29 is 19.7 Å². The molecule has 1 rings (SSSR count). The zero-order valence-corrected chi connectivity index (χ0v) is 4.46. The smallest absolute Gasteiger partial charge is 0.411 e. The summed E-state index contributed by atoms with van der Waals surface area (Å²) in [5.74, 6) is 0.127. The Bertz CT molecular complexity index is 153. The Morgan fingerprint density at radius 2 is 2.67 bits per heavy atom. The third-order valence-corrected chi connectivity index (χ3v) is 0.716. The van der Waals surface area contributed by atoms with E-state index >= 15 is 0 Å². The van der Waals surface area contributed by atoms with Crippen molar-refractivity contribution in [3.63, 3.8) is 0 Å². The van der Waals surface area contributed by atoms with Crippen LogP contribution in [0.4, 0.5) is 4.79 Å². The maximum atomic E-state index is 9.87. The third-order valence-electron chi connectivity index (χ3n) is 0.716. The zero-order chi connectivity index (χ0) is 6.69. The summed E-state index contributed by atoms with van der Waals surface area (Å²) >= 11 is 0. The molecule has 0 saturated heterocycles. The summed E-state index contributed by atoms with van der Waals surface area (Å²) in [6, 6.07) is 0. The predicted molar refractivity (Wildman–Crippen MR) is 26.3 cm³/mol. The van der Waals surface area contributed by atoms with Crippen molar-refractivity contribution in [3.05, 3.63) is 12.0 Å². The molecule has 9 heavy (non-hydrogen) atoms. The molecule has 2 N–H and O–H groups in total. The number of carbonyl (C=O) groups is 1. The van der Waals surface area contributed by atoms with E-state index in [2.05, 4.69) is 9.78 Å². The average molecular weight is 131 g/mol. The van der Waals surface area contributed by atoms with Crippen LogP contribution in [0.2, 0.25) is 0 Å². The molecule has 5 nitrogen and oxygen atoms in total. The maximum absolute atomic E-state index is 9.87. The van der Waals surface area contributed by atoms with Crippen LogP contribution in [-0.2, 0) is 9.78 Å². The van der Waals surface area contributed by atoms with Crippen LogP contribution < -0.4 is 5.32 Å². The molecule has 0 spiro atoms. The zero-order valence-electron chi connectivity index (χ0n) is 4.46. The van der Waals surface area contributed by atoms with Gasteiger partial charge in [-0.3, -0.25) is 5.32 Å². The minimum Gasteiger partial charge on any atom is -0.465 e. The molecule has 0 bridgehead atoms. The highest BCUT2D eigenvalue weighted by molar-refractivity contribution is 5.66. The lowest BCUT2D eigenvalue weighted by molar-refractivity contribution is -0.237. The van der Waals surface area contributed by atoms with Crippen LogP contribution in [0.3, 0.4) is 0 Å². The van der Waals surface area contributed by atoms with E-state index < -0.39 is 6.09 Å². The number of carboxylic acid groups (broad SMARTS) is 1. The number of nitrogens with one attached hydrogen (secondary N) is 1. The third kappa shape index (κ3) is 1.61. The lowest BCUT2D eigenvalue weighted by Crippen LogP contribution is -2.19. The predicted octanol–water partition coefficient (Wildman–Crippen LogP) is 0.0572. The monoisotopic (exact) mass is 131 g/mol. The Morgan fingerprint density at radius 1 is 1.89 bits per heavy atom. The van der Waals surface area contributed by atoms with E-state index in [0.29, 0.717) is 0 Å². The molecule has 1 aliphatic heterocycles.